The van der Waals surface area contributed by atoms with Gasteiger partial charge in [-0.25, -0.2) is 8.42 Å². The van der Waals surface area contributed by atoms with Crippen LogP contribution in [0.4, 0.5) is 10.8 Å². The second-order valence-corrected chi connectivity index (χ2v) is 8.49. The predicted octanol–water partition coefficient (Wildman–Crippen LogP) is 2.53. The average Bonchev–Trinajstić information content (AvgIpc) is 2.71. The third kappa shape index (κ3) is 2.93. The summed E-state index contributed by atoms with van der Waals surface area (Å²) in [6.07, 6.45) is 2.74. The normalized spacial score (nSPS) is 24.1. The highest BCUT2D eigenvalue weighted by Gasteiger charge is 2.32. The lowest BCUT2D eigenvalue weighted by atomic mass is 9.94. The van der Waals surface area contributed by atoms with Gasteiger partial charge in [-0.3, -0.25) is 0 Å². The molecule has 2 unspecified atom stereocenters. The summed E-state index contributed by atoms with van der Waals surface area (Å²) in [5, 5.41) is 0.732. The fourth-order valence-electron chi connectivity index (χ4n) is 2.84. The van der Waals surface area contributed by atoms with Crippen LogP contribution in [0.15, 0.2) is 4.90 Å². The number of hydrogen-bond acceptors (Lipinski definition) is 6. The average molecular weight is 317 g/mol. The van der Waals surface area contributed by atoms with Gasteiger partial charge in [0, 0.05) is 12.6 Å². The summed E-state index contributed by atoms with van der Waals surface area (Å²) in [6, 6.07) is 0.328. The molecule has 0 aliphatic carbocycles. The summed E-state index contributed by atoms with van der Waals surface area (Å²) in [4.78, 5) is 2.42. The van der Waals surface area contributed by atoms with Crippen LogP contribution in [0.2, 0.25) is 0 Å². The first-order valence-electron chi connectivity index (χ1n) is 7.11. The van der Waals surface area contributed by atoms with E-state index in [9.17, 15) is 8.42 Å². The zero-order chi connectivity index (χ0) is 14.9. The number of nitrogens with zero attached hydrogens (tertiary/aromatic N) is 2. The van der Waals surface area contributed by atoms with Crippen molar-refractivity contribution in [1.29, 1.82) is 0 Å². The molecule has 0 spiro atoms. The monoisotopic (exact) mass is 317 g/mol. The molecule has 1 aliphatic heterocycles. The van der Waals surface area contributed by atoms with Crippen LogP contribution in [-0.4, -0.2) is 31.1 Å². The maximum atomic E-state index is 12.4. The lowest BCUT2D eigenvalue weighted by Gasteiger charge is -2.37. The number of anilines is 2. The Morgan fingerprint density at radius 3 is 2.75 bits per heavy atom. The summed E-state index contributed by atoms with van der Waals surface area (Å²) in [5.41, 5.74) is 5.83. The SMILES string of the molecule is CCCS(=O)(=O)c1c(N)nsc1N1CCC(C)CC1C. The van der Waals surface area contributed by atoms with Crippen molar-refractivity contribution >= 4 is 32.2 Å². The van der Waals surface area contributed by atoms with Gasteiger partial charge in [0.25, 0.3) is 0 Å². The number of aromatic nitrogens is 1. The van der Waals surface area contributed by atoms with E-state index in [1.54, 1.807) is 0 Å². The summed E-state index contributed by atoms with van der Waals surface area (Å²) in [6.45, 7) is 7.11. The second kappa shape index (κ2) is 5.89. The molecule has 1 aromatic rings. The highest BCUT2D eigenvalue weighted by atomic mass is 32.2. The van der Waals surface area contributed by atoms with E-state index >= 15 is 0 Å². The van der Waals surface area contributed by atoms with Crippen molar-refractivity contribution < 1.29 is 8.42 Å². The van der Waals surface area contributed by atoms with Crippen molar-refractivity contribution in [2.45, 2.75) is 51.0 Å². The van der Waals surface area contributed by atoms with E-state index in [0.29, 0.717) is 18.4 Å². The Morgan fingerprint density at radius 1 is 1.45 bits per heavy atom. The lowest BCUT2D eigenvalue weighted by molar-refractivity contribution is 0.378. The maximum Gasteiger partial charge on any atom is 0.185 e. The van der Waals surface area contributed by atoms with Crippen LogP contribution < -0.4 is 10.6 Å². The molecule has 7 heteroatoms. The highest BCUT2D eigenvalue weighted by Crippen LogP contribution is 2.39. The number of hydrogen-bond donors (Lipinski definition) is 1. The number of rotatable bonds is 4. The van der Waals surface area contributed by atoms with E-state index in [2.05, 4.69) is 23.1 Å². The van der Waals surface area contributed by atoms with Crippen molar-refractivity contribution in [3.63, 3.8) is 0 Å². The molecule has 0 aromatic carbocycles. The first-order chi connectivity index (χ1) is 9.36. The fourth-order valence-corrected chi connectivity index (χ4v) is 5.72. The van der Waals surface area contributed by atoms with Crippen LogP contribution in [0.1, 0.15) is 40.0 Å². The summed E-state index contributed by atoms with van der Waals surface area (Å²) < 4.78 is 28.9. The van der Waals surface area contributed by atoms with Gasteiger partial charge < -0.3 is 10.6 Å². The maximum absolute atomic E-state index is 12.4. The van der Waals surface area contributed by atoms with Crippen LogP contribution in [0, 0.1) is 5.92 Å². The van der Waals surface area contributed by atoms with Gasteiger partial charge in [0.1, 0.15) is 9.90 Å². The summed E-state index contributed by atoms with van der Waals surface area (Å²) >= 11 is 1.21. The van der Waals surface area contributed by atoms with E-state index < -0.39 is 9.84 Å². The Morgan fingerprint density at radius 2 is 2.15 bits per heavy atom. The molecule has 1 aliphatic rings. The Balaban J connectivity index is 2.39. The molecule has 0 bridgehead atoms. The molecular formula is C13H23N3O2S2. The number of sulfone groups is 1. The zero-order valence-electron chi connectivity index (χ0n) is 12.3. The molecule has 0 amide bonds. The van der Waals surface area contributed by atoms with Gasteiger partial charge in [0.15, 0.2) is 15.7 Å². The predicted molar refractivity (Wildman–Crippen MR) is 84.1 cm³/mol. The van der Waals surface area contributed by atoms with Gasteiger partial charge in [-0.2, -0.15) is 4.37 Å². The molecule has 2 rings (SSSR count). The van der Waals surface area contributed by atoms with Crippen molar-refractivity contribution in [2.24, 2.45) is 5.92 Å². The Labute approximate surface area is 125 Å². The lowest BCUT2D eigenvalue weighted by Crippen LogP contribution is -2.40. The van der Waals surface area contributed by atoms with E-state index in [-0.39, 0.29) is 16.5 Å². The Hall–Kier alpha value is -0.820. The van der Waals surface area contributed by atoms with Crippen molar-refractivity contribution in [1.82, 2.24) is 4.37 Å². The molecule has 2 N–H and O–H groups in total. The quantitative estimate of drug-likeness (QED) is 0.923. The molecule has 5 nitrogen and oxygen atoms in total. The molecule has 2 atom stereocenters. The van der Waals surface area contributed by atoms with E-state index in [1.807, 2.05) is 6.92 Å². The fraction of sp³-hybridized carbons (Fsp3) is 0.769. The third-order valence-corrected chi connectivity index (χ3v) is 6.84. The van der Waals surface area contributed by atoms with Crippen molar-refractivity contribution in [3.05, 3.63) is 0 Å². The van der Waals surface area contributed by atoms with Gasteiger partial charge >= 0.3 is 0 Å². The number of piperidine rings is 1. The van der Waals surface area contributed by atoms with E-state index in [1.165, 1.54) is 11.5 Å². The molecule has 2 heterocycles. The first kappa shape index (κ1) is 15.6. The van der Waals surface area contributed by atoms with Crippen molar-refractivity contribution in [2.75, 3.05) is 22.9 Å². The van der Waals surface area contributed by atoms with Gasteiger partial charge in [0.2, 0.25) is 0 Å². The van der Waals surface area contributed by atoms with Gasteiger partial charge in [-0.05, 0) is 43.6 Å². The second-order valence-electron chi connectivity index (χ2n) is 5.69. The smallest absolute Gasteiger partial charge is 0.185 e. The minimum atomic E-state index is -3.33. The standard InChI is InChI=1S/C13H23N3O2S2/c1-4-7-20(17,18)11-12(14)15-19-13(11)16-6-5-9(2)8-10(16)3/h9-10H,4-8H2,1-3H3,(H2,14,15). The van der Waals surface area contributed by atoms with Gasteiger partial charge in [-0.1, -0.05) is 13.8 Å². The van der Waals surface area contributed by atoms with Gasteiger partial charge in [0.05, 0.1) is 5.75 Å². The molecule has 0 saturated carbocycles. The molecule has 1 saturated heterocycles. The molecular weight excluding hydrogens is 294 g/mol. The Kier molecular flexibility index (Phi) is 4.59. The van der Waals surface area contributed by atoms with Crippen LogP contribution in [0.5, 0.6) is 0 Å². The van der Waals surface area contributed by atoms with Crippen LogP contribution >= 0.6 is 11.5 Å². The molecule has 20 heavy (non-hydrogen) atoms. The van der Waals surface area contributed by atoms with Crippen LogP contribution in [0.3, 0.4) is 0 Å². The highest BCUT2D eigenvalue weighted by molar-refractivity contribution is 7.91. The van der Waals surface area contributed by atoms with E-state index in [4.69, 9.17) is 5.73 Å². The third-order valence-electron chi connectivity index (χ3n) is 3.84. The van der Waals surface area contributed by atoms with Crippen LogP contribution in [-0.2, 0) is 9.84 Å². The summed E-state index contributed by atoms with van der Waals surface area (Å²) in [7, 11) is -3.33. The number of nitrogens with two attached hydrogens (primary N) is 1. The minimum Gasteiger partial charge on any atom is -0.382 e. The first-order valence-corrected chi connectivity index (χ1v) is 9.54. The zero-order valence-corrected chi connectivity index (χ0v) is 13.9. The molecule has 1 fully saturated rings. The van der Waals surface area contributed by atoms with Gasteiger partial charge in [-0.15, -0.1) is 0 Å². The van der Waals surface area contributed by atoms with E-state index in [0.717, 1.165) is 24.4 Å². The summed E-state index contributed by atoms with van der Waals surface area (Å²) in [5.74, 6) is 0.966. The number of nitrogen functional groups attached to an aromatic ring is 1. The van der Waals surface area contributed by atoms with Crippen molar-refractivity contribution in [3.8, 4) is 0 Å². The van der Waals surface area contributed by atoms with Crippen LogP contribution in [0.25, 0.3) is 0 Å². The molecule has 0 radical (unpaired) electrons. The minimum absolute atomic E-state index is 0.126. The molecule has 1 aromatic heterocycles. The topological polar surface area (TPSA) is 76.3 Å². The Bertz CT molecular complexity index is 568. The molecule has 114 valence electrons. The largest absolute Gasteiger partial charge is 0.382 e.